The molecule has 2 rings (SSSR count). The maximum Gasteiger partial charge on any atom is 0.244 e. The third-order valence-electron chi connectivity index (χ3n) is 4.97. The predicted octanol–water partition coefficient (Wildman–Crippen LogP) is 3.91. The summed E-state index contributed by atoms with van der Waals surface area (Å²) in [6, 6.07) is 13.1. The minimum Gasteiger partial charge on any atom is -0.497 e. The first-order valence-corrected chi connectivity index (χ1v) is 12.3. The molecule has 0 aliphatic carbocycles. The molecule has 1 amide bonds. The van der Waals surface area contributed by atoms with Gasteiger partial charge in [-0.1, -0.05) is 26.0 Å². The molecule has 0 fully saturated rings. The van der Waals surface area contributed by atoms with Crippen molar-refractivity contribution in [1.29, 1.82) is 0 Å². The SMILES string of the molecule is CCOc1ccc(N(C(CC)C(=O)NC(CC)c2ccc(OC)cc2)S(C)(=O)=O)cc1. The monoisotopic (exact) mass is 448 g/mol. The number of carbonyl (C=O) groups is 1. The standard InChI is InChI=1S/C23H32N2O5S/c1-6-21(17-9-13-19(29-4)14-10-17)24-23(26)22(7-2)25(31(5,27)28)18-11-15-20(16-12-18)30-8-3/h9-16,21-22H,6-8H2,1-5H3,(H,24,26). The maximum absolute atomic E-state index is 13.2. The van der Waals surface area contributed by atoms with Crippen molar-refractivity contribution in [3.8, 4) is 11.5 Å². The zero-order chi connectivity index (χ0) is 23.0. The second kappa shape index (κ2) is 11.0. The molecule has 2 aromatic carbocycles. The second-order valence-corrected chi connectivity index (χ2v) is 9.01. The fourth-order valence-corrected chi connectivity index (χ4v) is 4.65. The summed E-state index contributed by atoms with van der Waals surface area (Å²) in [6.45, 7) is 6.16. The van der Waals surface area contributed by atoms with E-state index in [9.17, 15) is 13.2 Å². The molecule has 0 aliphatic heterocycles. The van der Waals surface area contributed by atoms with Crippen LogP contribution in [-0.4, -0.2) is 40.3 Å². The van der Waals surface area contributed by atoms with Crippen LogP contribution in [-0.2, 0) is 14.8 Å². The lowest BCUT2D eigenvalue weighted by Gasteiger charge is -2.31. The van der Waals surface area contributed by atoms with Gasteiger partial charge in [-0.15, -0.1) is 0 Å². The van der Waals surface area contributed by atoms with Gasteiger partial charge in [-0.3, -0.25) is 9.10 Å². The first-order valence-electron chi connectivity index (χ1n) is 10.4. The number of methoxy groups -OCH3 is 1. The minimum atomic E-state index is -3.70. The van der Waals surface area contributed by atoms with Crippen LogP contribution in [0.3, 0.4) is 0 Å². The smallest absolute Gasteiger partial charge is 0.244 e. The van der Waals surface area contributed by atoms with Crippen LogP contribution in [0.5, 0.6) is 11.5 Å². The number of rotatable bonds is 11. The Bertz CT molecular complexity index is 943. The Morgan fingerprint density at radius 1 is 0.968 bits per heavy atom. The van der Waals surface area contributed by atoms with Crippen molar-refractivity contribution in [3.05, 3.63) is 54.1 Å². The lowest BCUT2D eigenvalue weighted by molar-refractivity contribution is -0.123. The van der Waals surface area contributed by atoms with Gasteiger partial charge in [-0.25, -0.2) is 8.42 Å². The van der Waals surface area contributed by atoms with Crippen molar-refractivity contribution in [3.63, 3.8) is 0 Å². The van der Waals surface area contributed by atoms with E-state index in [1.54, 1.807) is 38.3 Å². The van der Waals surface area contributed by atoms with Crippen molar-refractivity contribution in [1.82, 2.24) is 5.32 Å². The zero-order valence-corrected chi connectivity index (χ0v) is 19.6. The van der Waals surface area contributed by atoms with Gasteiger partial charge in [0.05, 0.1) is 31.7 Å². The van der Waals surface area contributed by atoms with E-state index in [4.69, 9.17) is 9.47 Å². The molecule has 0 bridgehead atoms. The second-order valence-electron chi connectivity index (χ2n) is 7.15. The molecule has 0 saturated carbocycles. The highest BCUT2D eigenvalue weighted by Crippen LogP contribution is 2.26. The largest absolute Gasteiger partial charge is 0.497 e. The van der Waals surface area contributed by atoms with Crippen LogP contribution in [0.25, 0.3) is 0 Å². The van der Waals surface area contributed by atoms with E-state index in [2.05, 4.69) is 5.32 Å². The molecular weight excluding hydrogens is 416 g/mol. The molecule has 0 aliphatic rings. The minimum absolute atomic E-state index is 0.241. The van der Waals surface area contributed by atoms with E-state index in [0.29, 0.717) is 30.9 Å². The Hall–Kier alpha value is -2.74. The number of anilines is 1. The molecule has 1 N–H and O–H groups in total. The molecule has 0 heterocycles. The molecule has 0 spiro atoms. The molecule has 31 heavy (non-hydrogen) atoms. The summed E-state index contributed by atoms with van der Waals surface area (Å²) in [6.07, 6.45) is 2.10. The number of nitrogens with one attached hydrogen (secondary N) is 1. The maximum atomic E-state index is 13.2. The Morgan fingerprint density at radius 3 is 2.00 bits per heavy atom. The fraction of sp³-hybridized carbons (Fsp3) is 0.435. The Kier molecular flexibility index (Phi) is 8.74. The number of hydrogen-bond acceptors (Lipinski definition) is 5. The van der Waals surface area contributed by atoms with E-state index in [0.717, 1.165) is 17.6 Å². The van der Waals surface area contributed by atoms with E-state index in [1.807, 2.05) is 38.1 Å². The highest BCUT2D eigenvalue weighted by molar-refractivity contribution is 7.92. The van der Waals surface area contributed by atoms with E-state index >= 15 is 0 Å². The highest BCUT2D eigenvalue weighted by atomic mass is 32.2. The Balaban J connectivity index is 2.30. The van der Waals surface area contributed by atoms with Crippen molar-refractivity contribution >= 4 is 21.6 Å². The molecule has 7 nitrogen and oxygen atoms in total. The molecule has 8 heteroatoms. The first-order chi connectivity index (χ1) is 14.7. The van der Waals surface area contributed by atoms with E-state index in [1.165, 1.54) is 4.31 Å². The summed E-state index contributed by atoms with van der Waals surface area (Å²) < 4.78 is 37.1. The number of carbonyl (C=O) groups excluding carboxylic acids is 1. The predicted molar refractivity (Wildman–Crippen MR) is 123 cm³/mol. The van der Waals surface area contributed by atoms with Crippen molar-refractivity contribution in [2.45, 2.75) is 45.7 Å². The molecule has 2 atom stereocenters. The highest BCUT2D eigenvalue weighted by Gasteiger charge is 2.32. The van der Waals surface area contributed by atoms with Gasteiger partial charge in [-0.05, 0) is 61.7 Å². The molecule has 170 valence electrons. The number of sulfonamides is 1. The summed E-state index contributed by atoms with van der Waals surface area (Å²) in [5, 5.41) is 3.01. The van der Waals surface area contributed by atoms with Crippen LogP contribution in [0.1, 0.15) is 45.2 Å². The number of amides is 1. The quantitative estimate of drug-likeness (QED) is 0.563. The van der Waals surface area contributed by atoms with Gasteiger partial charge in [0.15, 0.2) is 0 Å². The van der Waals surface area contributed by atoms with Gasteiger partial charge in [0.25, 0.3) is 0 Å². The van der Waals surface area contributed by atoms with Gasteiger partial charge in [0, 0.05) is 0 Å². The van der Waals surface area contributed by atoms with E-state index < -0.39 is 16.1 Å². The van der Waals surface area contributed by atoms with Gasteiger partial charge < -0.3 is 14.8 Å². The number of nitrogens with zero attached hydrogens (tertiary/aromatic N) is 1. The van der Waals surface area contributed by atoms with Gasteiger partial charge in [0.1, 0.15) is 17.5 Å². The molecule has 0 aromatic heterocycles. The molecule has 2 aromatic rings. The zero-order valence-electron chi connectivity index (χ0n) is 18.8. The average molecular weight is 449 g/mol. The summed E-state index contributed by atoms with van der Waals surface area (Å²) >= 11 is 0. The van der Waals surface area contributed by atoms with Crippen molar-refractivity contribution in [2.75, 3.05) is 24.3 Å². The van der Waals surface area contributed by atoms with E-state index in [-0.39, 0.29) is 11.9 Å². The lowest BCUT2D eigenvalue weighted by atomic mass is 10.0. The third-order valence-corrected chi connectivity index (χ3v) is 6.15. The third kappa shape index (κ3) is 6.37. The van der Waals surface area contributed by atoms with Crippen LogP contribution in [0, 0.1) is 0 Å². The van der Waals surface area contributed by atoms with Crippen LogP contribution in [0.15, 0.2) is 48.5 Å². The Labute approximate surface area is 185 Å². The molecular formula is C23H32N2O5S. The van der Waals surface area contributed by atoms with Gasteiger partial charge in [0.2, 0.25) is 15.9 Å². The van der Waals surface area contributed by atoms with Crippen LogP contribution in [0.2, 0.25) is 0 Å². The lowest BCUT2D eigenvalue weighted by Crippen LogP contribution is -2.50. The summed E-state index contributed by atoms with van der Waals surface area (Å²) in [5.41, 5.74) is 1.35. The van der Waals surface area contributed by atoms with Crippen molar-refractivity contribution in [2.24, 2.45) is 0 Å². The van der Waals surface area contributed by atoms with Gasteiger partial charge in [-0.2, -0.15) is 0 Å². The van der Waals surface area contributed by atoms with Crippen molar-refractivity contribution < 1.29 is 22.7 Å². The summed E-state index contributed by atoms with van der Waals surface area (Å²) in [5.74, 6) is 1.03. The first kappa shape index (κ1) is 24.5. The Morgan fingerprint density at radius 2 is 1.55 bits per heavy atom. The number of hydrogen-bond donors (Lipinski definition) is 1. The van der Waals surface area contributed by atoms with Crippen LogP contribution < -0.4 is 19.1 Å². The molecule has 0 saturated heterocycles. The topological polar surface area (TPSA) is 84.9 Å². The van der Waals surface area contributed by atoms with Crippen LogP contribution in [0.4, 0.5) is 5.69 Å². The fourth-order valence-electron chi connectivity index (χ4n) is 3.44. The van der Waals surface area contributed by atoms with Crippen LogP contribution >= 0.6 is 0 Å². The summed E-state index contributed by atoms with van der Waals surface area (Å²) in [7, 11) is -2.10. The number of ether oxygens (including phenoxy) is 2. The average Bonchev–Trinajstić information content (AvgIpc) is 2.75. The molecule has 2 unspecified atom stereocenters. The number of benzene rings is 2. The normalized spacial score (nSPS) is 13.2. The summed E-state index contributed by atoms with van der Waals surface area (Å²) in [4.78, 5) is 13.2. The van der Waals surface area contributed by atoms with Gasteiger partial charge >= 0.3 is 0 Å². The molecule has 0 radical (unpaired) electrons.